The second-order valence-corrected chi connectivity index (χ2v) is 4.91. The molecule has 4 nitrogen and oxygen atoms in total. The Morgan fingerprint density at radius 1 is 1.15 bits per heavy atom. The van der Waals surface area contributed by atoms with Crippen LogP contribution < -0.4 is 10.5 Å². The van der Waals surface area contributed by atoms with E-state index in [9.17, 15) is 0 Å². The molecule has 0 aliphatic rings. The number of benzene rings is 1. The van der Waals surface area contributed by atoms with Gasteiger partial charge in [-0.25, -0.2) is 4.98 Å². The van der Waals surface area contributed by atoms with Crippen LogP contribution in [0.3, 0.4) is 0 Å². The number of hydrogen-bond donors (Lipinski definition) is 1. The molecule has 0 atom stereocenters. The predicted octanol–water partition coefficient (Wildman–Crippen LogP) is 3.21. The van der Waals surface area contributed by atoms with Gasteiger partial charge in [0.05, 0.1) is 7.11 Å². The summed E-state index contributed by atoms with van der Waals surface area (Å²) < 4.78 is 7.25. The molecule has 2 heterocycles. The molecule has 102 valence electrons. The summed E-state index contributed by atoms with van der Waals surface area (Å²) in [6, 6.07) is 9.95. The van der Waals surface area contributed by atoms with E-state index in [2.05, 4.69) is 11.1 Å². The fourth-order valence-corrected chi connectivity index (χ4v) is 2.48. The standard InChI is InChI=1S/C16H17N3O/c1-10-9-13(20-3)11(2)8-12(10)15-16(17)19-7-5-4-6-14(19)18-15/h4-9H,17H2,1-3H3. The Bertz CT molecular complexity index is 790. The Kier molecular flexibility index (Phi) is 2.86. The van der Waals surface area contributed by atoms with Crippen LogP contribution in [-0.2, 0) is 0 Å². The van der Waals surface area contributed by atoms with Crippen LogP contribution >= 0.6 is 0 Å². The fourth-order valence-electron chi connectivity index (χ4n) is 2.48. The van der Waals surface area contributed by atoms with Crippen LogP contribution in [0.25, 0.3) is 16.9 Å². The number of aromatic nitrogens is 2. The summed E-state index contributed by atoms with van der Waals surface area (Å²) in [5, 5.41) is 0. The number of nitrogens with two attached hydrogens (primary N) is 1. The Morgan fingerprint density at radius 3 is 2.65 bits per heavy atom. The van der Waals surface area contributed by atoms with Crippen LogP contribution in [0.4, 0.5) is 5.82 Å². The van der Waals surface area contributed by atoms with Gasteiger partial charge in [-0.2, -0.15) is 0 Å². The minimum atomic E-state index is 0.660. The van der Waals surface area contributed by atoms with Gasteiger partial charge in [0.25, 0.3) is 0 Å². The Hall–Kier alpha value is -2.49. The summed E-state index contributed by atoms with van der Waals surface area (Å²) in [6.07, 6.45) is 1.92. The number of hydrogen-bond acceptors (Lipinski definition) is 3. The molecule has 0 fully saturated rings. The van der Waals surface area contributed by atoms with Crippen LogP contribution in [0.1, 0.15) is 11.1 Å². The van der Waals surface area contributed by atoms with E-state index >= 15 is 0 Å². The minimum Gasteiger partial charge on any atom is -0.496 e. The summed E-state index contributed by atoms with van der Waals surface area (Å²) in [5.41, 5.74) is 11.1. The summed E-state index contributed by atoms with van der Waals surface area (Å²) in [5.74, 6) is 1.54. The van der Waals surface area contributed by atoms with Crippen molar-refractivity contribution < 1.29 is 4.74 Å². The molecule has 4 heteroatoms. The van der Waals surface area contributed by atoms with Crippen molar-refractivity contribution >= 4 is 11.5 Å². The first-order valence-corrected chi connectivity index (χ1v) is 6.50. The highest BCUT2D eigenvalue weighted by Crippen LogP contribution is 2.33. The Morgan fingerprint density at radius 2 is 1.95 bits per heavy atom. The molecule has 0 aliphatic heterocycles. The molecule has 0 spiro atoms. The van der Waals surface area contributed by atoms with Gasteiger partial charge in [-0.05, 0) is 49.2 Å². The van der Waals surface area contributed by atoms with Crippen LogP contribution in [0.2, 0.25) is 0 Å². The van der Waals surface area contributed by atoms with Crippen molar-refractivity contribution in [1.29, 1.82) is 0 Å². The summed E-state index contributed by atoms with van der Waals surface area (Å²) in [4.78, 5) is 4.64. The third-order valence-corrected chi connectivity index (χ3v) is 3.56. The number of rotatable bonds is 2. The predicted molar refractivity (Wildman–Crippen MR) is 81.1 cm³/mol. The molecular weight excluding hydrogens is 250 g/mol. The molecule has 0 saturated heterocycles. The first-order valence-electron chi connectivity index (χ1n) is 6.50. The number of nitrogen functional groups attached to an aromatic ring is 1. The molecule has 0 unspecified atom stereocenters. The van der Waals surface area contributed by atoms with E-state index < -0.39 is 0 Å². The van der Waals surface area contributed by atoms with E-state index in [0.29, 0.717) is 5.82 Å². The van der Waals surface area contributed by atoms with Crippen LogP contribution in [-0.4, -0.2) is 16.5 Å². The lowest BCUT2D eigenvalue weighted by molar-refractivity contribution is 0.411. The van der Waals surface area contributed by atoms with Gasteiger partial charge in [-0.3, -0.25) is 4.40 Å². The number of anilines is 1. The summed E-state index contributed by atoms with van der Waals surface area (Å²) >= 11 is 0. The third-order valence-electron chi connectivity index (χ3n) is 3.56. The maximum atomic E-state index is 6.23. The minimum absolute atomic E-state index is 0.660. The first kappa shape index (κ1) is 12.5. The molecular formula is C16H17N3O. The quantitative estimate of drug-likeness (QED) is 0.775. The topological polar surface area (TPSA) is 52.5 Å². The zero-order valence-corrected chi connectivity index (χ0v) is 11.8. The van der Waals surface area contributed by atoms with Crippen LogP contribution in [0.5, 0.6) is 5.75 Å². The van der Waals surface area contributed by atoms with Crippen molar-refractivity contribution in [3.63, 3.8) is 0 Å². The smallest absolute Gasteiger partial charge is 0.139 e. The third kappa shape index (κ3) is 1.81. The molecule has 1 aromatic carbocycles. The molecule has 0 bridgehead atoms. The molecule has 20 heavy (non-hydrogen) atoms. The molecule has 0 amide bonds. The summed E-state index contributed by atoms with van der Waals surface area (Å²) in [6.45, 7) is 4.06. The Labute approximate surface area is 117 Å². The number of fused-ring (bicyclic) bond motifs is 1. The maximum absolute atomic E-state index is 6.23. The van der Waals surface area contributed by atoms with E-state index in [0.717, 1.165) is 33.8 Å². The van der Waals surface area contributed by atoms with Crippen molar-refractivity contribution in [2.75, 3.05) is 12.8 Å². The van der Waals surface area contributed by atoms with Crippen LogP contribution in [0, 0.1) is 13.8 Å². The highest BCUT2D eigenvalue weighted by molar-refractivity contribution is 5.78. The Balaban J connectivity index is 2.25. The van der Waals surface area contributed by atoms with Gasteiger partial charge in [0.15, 0.2) is 0 Å². The number of ether oxygens (including phenoxy) is 1. The molecule has 3 rings (SSSR count). The van der Waals surface area contributed by atoms with Gasteiger partial charge in [-0.15, -0.1) is 0 Å². The number of aryl methyl sites for hydroxylation is 2. The fraction of sp³-hybridized carbons (Fsp3) is 0.188. The van der Waals surface area contributed by atoms with Crippen molar-refractivity contribution in [2.45, 2.75) is 13.8 Å². The lowest BCUT2D eigenvalue weighted by Gasteiger charge is -2.10. The number of imidazole rings is 1. The normalized spacial score (nSPS) is 10.9. The monoisotopic (exact) mass is 267 g/mol. The maximum Gasteiger partial charge on any atom is 0.139 e. The largest absolute Gasteiger partial charge is 0.496 e. The highest BCUT2D eigenvalue weighted by Gasteiger charge is 2.14. The van der Waals surface area contributed by atoms with Gasteiger partial charge < -0.3 is 10.5 Å². The van der Waals surface area contributed by atoms with E-state index in [1.807, 2.05) is 48.7 Å². The zero-order chi connectivity index (χ0) is 14.3. The van der Waals surface area contributed by atoms with E-state index in [1.54, 1.807) is 7.11 Å². The highest BCUT2D eigenvalue weighted by atomic mass is 16.5. The van der Waals surface area contributed by atoms with E-state index in [-0.39, 0.29) is 0 Å². The molecule has 2 N–H and O–H groups in total. The molecule has 0 aliphatic carbocycles. The van der Waals surface area contributed by atoms with Crippen molar-refractivity contribution in [3.05, 3.63) is 47.7 Å². The lowest BCUT2D eigenvalue weighted by atomic mass is 10.0. The van der Waals surface area contributed by atoms with Crippen LogP contribution in [0.15, 0.2) is 36.5 Å². The summed E-state index contributed by atoms with van der Waals surface area (Å²) in [7, 11) is 1.68. The van der Waals surface area contributed by atoms with Gasteiger partial charge in [0.2, 0.25) is 0 Å². The van der Waals surface area contributed by atoms with Gasteiger partial charge in [0, 0.05) is 11.8 Å². The number of pyridine rings is 1. The second-order valence-electron chi connectivity index (χ2n) is 4.91. The molecule has 3 aromatic rings. The molecule has 2 aromatic heterocycles. The average Bonchev–Trinajstić information content (AvgIpc) is 2.78. The van der Waals surface area contributed by atoms with Gasteiger partial charge in [-0.1, -0.05) is 6.07 Å². The SMILES string of the molecule is COc1cc(C)c(-c2nc3ccccn3c2N)cc1C. The van der Waals surface area contributed by atoms with E-state index in [4.69, 9.17) is 10.5 Å². The molecule has 0 radical (unpaired) electrons. The lowest BCUT2D eigenvalue weighted by Crippen LogP contribution is -1.96. The first-order chi connectivity index (χ1) is 9.61. The van der Waals surface area contributed by atoms with Gasteiger partial charge >= 0.3 is 0 Å². The second kappa shape index (κ2) is 4.56. The van der Waals surface area contributed by atoms with Crippen molar-refractivity contribution in [3.8, 4) is 17.0 Å². The average molecular weight is 267 g/mol. The molecule has 0 saturated carbocycles. The van der Waals surface area contributed by atoms with Gasteiger partial charge in [0.1, 0.15) is 22.9 Å². The van der Waals surface area contributed by atoms with E-state index in [1.165, 1.54) is 0 Å². The van der Waals surface area contributed by atoms with Crippen molar-refractivity contribution in [1.82, 2.24) is 9.38 Å². The van der Waals surface area contributed by atoms with Crippen molar-refractivity contribution in [2.24, 2.45) is 0 Å². The number of methoxy groups -OCH3 is 1. The zero-order valence-electron chi connectivity index (χ0n) is 11.8. The number of nitrogens with zero attached hydrogens (tertiary/aromatic N) is 2.